The minimum absolute atomic E-state index is 0.390. The number of benzene rings is 5. The lowest BCUT2D eigenvalue weighted by atomic mass is 9.82. The highest BCUT2D eigenvalue weighted by Crippen LogP contribution is 2.63. The highest BCUT2D eigenvalue weighted by molar-refractivity contribution is 6.12. The molecule has 5 heteroatoms. The molecule has 0 spiro atoms. The summed E-state index contributed by atoms with van der Waals surface area (Å²) in [7, 11) is 8.95. The highest BCUT2D eigenvalue weighted by Gasteiger charge is 2.40. The summed E-state index contributed by atoms with van der Waals surface area (Å²) in [6, 6.07) is 36.2. The van der Waals surface area contributed by atoms with Crippen LogP contribution in [0, 0.1) is 0 Å². The van der Waals surface area contributed by atoms with Crippen molar-refractivity contribution < 1.29 is 0 Å². The van der Waals surface area contributed by atoms with Crippen LogP contribution < -0.4 is 24.5 Å². The first-order valence-electron chi connectivity index (χ1n) is 15.4. The topological polar surface area (TPSA) is 16.2 Å². The van der Waals surface area contributed by atoms with Gasteiger partial charge in [0.05, 0.1) is 45.5 Å². The number of para-hydroxylation sites is 4. The molecule has 5 nitrogen and oxygen atoms in total. The standard InChI is InChI=1S/C38H35N5/c1-39-28-12-6-5-11-25(28)23-24-19-20-27-29(39)15-9-16-30(27)42(4)36-26(24)21-22-35-38(36)43-32-14-8-7-13-31(32)40(2)33-17-10-18-34(37(33)43)41(35)3/h5-18,21-22,24H,19-20,23H2,1-4H3. The van der Waals surface area contributed by atoms with E-state index in [-0.39, 0.29) is 0 Å². The number of hydrogen-bond donors (Lipinski definition) is 0. The van der Waals surface area contributed by atoms with E-state index in [2.05, 4.69) is 150 Å². The number of fused-ring (bicyclic) bond motifs is 10. The van der Waals surface area contributed by atoms with E-state index in [1.807, 2.05) is 0 Å². The molecular weight excluding hydrogens is 526 g/mol. The van der Waals surface area contributed by atoms with E-state index >= 15 is 0 Å². The zero-order valence-corrected chi connectivity index (χ0v) is 25.2. The number of anilines is 11. The van der Waals surface area contributed by atoms with Crippen LogP contribution in [0.5, 0.6) is 0 Å². The van der Waals surface area contributed by atoms with E-state index in [0.29, 0.717) is 5.92 Å². The molecule has 2 bridgehead atoms. The Morgan fingerprint density at radius 3 is 1.79 bits per heavy atom. The molecule has 9 rings (SSSR count). The van der Waals surface area contributed by atoms with Gasteiger partial charge in [0.1, 0.15) is 0 Å². The molecule has 43 heavy (non-hydrogen) atoms. The molecule has 4 heterocycles. The van der Waals surface area contributed by atoms with Gasteiger partial charge in [-0.2, -0.15) is 0 Å². The van der Waals surface area contributed by atoms with Gasteiger partial charge in [0.25, 0.3) is 0 Å². The van der Waals surface area contributed by atoms with Gasteiger partial charge in [0.2, 0.25) is 0 Å². The molecular formula is C38H35N5. The predicted molar refractivity (Wildman–Crippen MR) is 181 cm³/mol. The van der Waals surface area contributed by atoms with Crippen LogP contribution in [0.3, 0.4) is 0 Å². The van der Waals surface area contributed by atoms with Crippen molar-refractivity contribution in [1.82, 2.24) is 0 Å². The van der Waals surface area contributed by atoms with Gasteiger partial charge in [0.15, 0.2) is 0 Å². The first kappa shape index (κ1) is 24.7. The maximum Gasteiger partial charge on any atom is 0.0944 e. The molecule has 4 aliphatic rings. The Bertz CT molecular complexity index is 1950. The summed E-state index contributed by atoms with van der Waals surface area (Å²) in [5.74, 6) is 0.390. The fourth-order valence-electron chi connectivity index (χ4n) is 8.26. The second-order valence-electron chi connectivity index (χ2n) is 12.4. The second kappa shape index (κ2) is 8.81. The van der Waals surface area contributed by atoms with Crippen molar-refractivity contribution in [3.8, 4) is 0 Å². The van der Waals surface area contributed by atoms with Gasteiger partial charge < -0.3 is 24.5 Å². The summed E-state index contributed by atoms with van der Waals surface area (Å²) in [5, 5.41) is 0. The average molecular weight is 562 g/mol. The zero-order chi connectivity index (χ0) is 29.0. The van der Waals surface area contributed by atoms with Crippen LogP contribution in [0.2, 0.25) is 0 Å². The summed E-state index contributed by atoms with van der Waals surface area (Å²) < 4.78 is 0. The average Bonchev–Trinajstić information content (AvgIpc) is 3.10. The van der Waals surface area contributed by atoms with Gasteiger partial charge >= 0.3 is 0 Å². The van der Waals surface area contributed by atoms with E-state index in [1.54, 1.807) is 0 Å². The number of rotatable bonds is 0. The molecule has 0 saturated carbocycles. The van der Waals surface area contributed by atoms with Gasteiger partial charge in [-0.3, -0.25) is 0 Å². The molecule has 0 amide bonds. The van der Waals surface area contributed by atoms with Crippen LogP contribution in [0.15, 0.2) is 97.1 Å². The molecule has 0 fully saturated rings. The fraction of sp³-hybridized carbons (Fsp3) is 0.211. The Balaban J connectivity index is 1.39. The summed E-state index contributed by atoms with van der Waals surface area (Å²) in [6.07, 6.45) is 3.18. The van der Waals surface area contributed by atoms with Gasteiger partial charge in [-0.1, -0.05) is 48.5 Å². The lowest BCUT2D eigenvalue weighted by Crippen LogP contribution is -2.32. The third kappa shape index (κ3) is 3.22. The maximum absolute atomic E-state index is 2.56. The van der Waals surface area contributed by atoms with Crippen LogP contribution in [0.25, 0.3) is 0 Å². The third-order valence-corrected chi connectivity index (χ3v) is 10.4. The molecule has 212 valence electrons. The van der Waals surface area contributed by atoms with Crippen molar-refractivity contribution in [2.45, 2.75) is 25.2 Å². The first-order chi connectivity index (χ1) is 21.0. The van der Waals surface area contributed by atoms with Gasteiger partial charge in [-0.15, -0.1) is 0 Å². The van der Waals surface area contributed by atoms with Crippen molar-refractivity contribution >= 4 is 62.6 Å². The highest BCUT2D eigenvalue weighted by atomic mass is 15.3. The molecule has 5 aromatic rings. The van der Waals surface area contributed by atoms with Crippen molar-refractivity contribution in [3.63, 3.8) is 0 Å². The maximum atomic E-state index is 2.56. The van der Waals surface area contributed by atoms with E-state index in [4.69, 9.17) is 0 Å². The van der Waals surface area contributed by atoms with Crippen LogP contribution in [0.1, 0.15) is 29.0 Å². The summed E-state index contributed by atoms with van der Waals surface area (Å²) in [6.45, 7) is 0. The minimum Gasteiger partial charge on any atom is -0.344 e. The molecule has 0 aliphatic carbocycles. The summed E-state index contributed by atoms with van der Waals surface area (Å²) in [5.41, 5.74) is 18.2. The van der Waals surface area contributed by atoms with Gasteiger partial charge in [0, 0.05) is 45.3 Å². The predicted octanol–water partition coefficient (Wildman–Crippen LogP) is 9.44. The molecule has 1 atom stereocenters. The quantitative estimate of drug-likeness (QED) is 0.187. The van der Waals surface area contributed by atoms with Crippen molar-refractivity contribution in [1.29, 1.82) is 0 Å². The molecule has 1 unspecified atom stereocenters. The monoisotopic (exact) mass is 561 g/mol. The molecule has 0 saturated heterocycles. The third-order valence-electron chi connectivity index (χ3n) is 10.4. The van der Waals surface area contributed by atoms with Crippen molar-refractivity contribution in [3.05, 3.63) is 114 Å². The molecule has 5 aromatic carbocycles. The number of nitrogens with zero attached hydrogens (tertiary/aromatic N) is 5. The number of hydrogen-bond acceptors (Lipinski definition) is 5. The first-order valence-corrected chi connectivity index (χ1v) is 15.4. The Morgan fingerprint density at radius 1 is 0.465 bits per heavy atom. The minimum atomic E-state index is 0.390. The normalized spacial score (nSPS) is 17.5. The van der Waals surface area contributed by atoms with E-state index in [9.17, 15) is 0 Å². The van der Waals surface area contributed by atoms with Crippen LogP contribution in [0.4, 0.5) is 62.6 Å². The largest absolute Gasteiger partial charge is 0.344 e. The smallest absolute Gasteiger partial charge is 0.0944 e. The van der Waals surface area contributed by atoms with Crippen molar-refractivity contribution in [2.24, 2.45) is 0 Å². The van der Waals surface area contributed by atoms with Gasteiger partial charge in [-0.05, 0) is 90.4 Å². The van der Waals surface area contributed by atoms with Crippen LogP contribution in [-0.2, 0) is 12.8 Å². The van der Waals surface area contributed by atoms with Crippen LogP contribution in [-0.4, -0.2) is 28.2 Å². The van der Waals surface area contributed by atoms with Crippen LogP contribution >= 0.6 is 0 Å². The van der Waals surface area contributed by atoms with E-state index in [1.165, 1.54) is 79.3 Å². The van der Waals surface area contributed by atoms with E-state index in [0.717, 1.165) is 19.3 Å². The Labute approximate surface area is 253 Å². The van der Waals surface area contributed by atoms with Gasteiger partial charge in [-0.25, -0.2) is 0 Å². The second-order valence-corrected chi connectivity index (χ2v) is 12.4. The molecule has 4 aliphatic heterocycles. The molecule has 0 N–H and O–H groups in total. The Kier molecular flexibility index (Phi) is 5.05. The summed E-state index contributed by atoms with van der Waals surface area (Å²) in [4.78, 5) is 12.2. The molecule has 0 radical (unpaired) electrons. The lowest BCUT2D eigenvalue weighted by Gasteiger charge is -2.47. The van der Waals surface area contributed by atoms with Crippen molar-refractivity contribution in [2.75, 3.05) is 52.7 Å². The SMILES string of the molecule is CN1c2ccccc2CC2CCc3c1cccc3N(C)c1c2ccc2c1N1c3ccccc3N(C)c3cccc(c31)N2C. The lowest BCUT2D eigenvalue weighted by molar-refractivity contribution is 0.620. The summed E-state index contributed by atoms with van der Waals surface area (Å²) >= 11 is 0. The van der Waals surface area contributed by atoms with E-state index < -0.39 is 0 Å². The Morgan fingerprint density at radius 2 is 1.02 bits per heavy atom. The zero-order valence-electron chi connectivity index (χ0n) is 25.2. The fourth-order valence-corrected chi connectivity index (χ4v) is 8.26. The molecule has 0 aromatic heterocycles. The Hall–Kier alpha value is -4.90.